The van der Waals surface area contributed by atoms with Crippen LogP contribution < -0.4 is 0 Å². The van der Waals surface area contributed by atoms with Crippen LogP contribution in [0.4, 0.5) is 0 Å². The summed E-state index contributed by atoms with van der Waals surface area (Å²) in [6.45, 7) is 4.24. The van der Waals surface area contributed by atoms with Gasteiger partial charge >= 0.3 is 0 Å². The van der Waals surface area contributed by atoms with Gasteiger partial charge in [0.2, 0.25) is 0 Å². The second-order valence-corrected chi connectivity index (χ2v) is 6.82. The fourth-order valence-electron chi connectivity index (χ4n) is 3.52. The van der Waals surface area contributed by atoms with Gasteiger partial charge in [0.15, 0.2) is 0 Å². The number of hydrogen-bond acceptors (Lipinski definition) is 2. The zero-order valence-corrected chi connectivity index (χ0v) is 14.1. The zero-order valence-electron chi connectivity index (χ0n) is 14.1. The Bertz CT molecular complexity index is 371. The van der Waals surface area contributed by atoms with E-state index in [-0.39, 0.29) is 0 Å². The van der Waals surface area contributed by atoms with E-state index in [4.69, 9.17) is 5.11 Å². The van der Waals surface area contributed by atoms with Crippen molar-refractivity contribution in [1.82, 2.24) is 4.90 Å². The number of aliphatic hydroxyl groups is 1. The summed E-state index contributed by atoms with van der Waals surface area (Å²) in [5.74, 6) is 0.886. The van der Waals surface area contributed by atoms with E-state index in [1.165, 1.54) is 76.6 Å². The van der Waals surface area contributed by atoms with Gasteiger partial charge in [-0.2, -0.15) is 0 Å². The molecule has 0 saturated carbocycles. The van der Waals surface area contributed by atoms with Crippen LogP contribution in [-0.2, 0) is 6.42 Å². The van der Waals surface area contributed by atoms with Crippen LogP contribution in [0.2, 0.25) is 0 Å². The molecule has 0 aromatic heterocycles. The van der Waals surface area contributed by atoms with Crippen molar-refractivity contribution >= 4 is 0 Å². The van der Waals surface area contributed by atoms with E-state index in [9.17, 15) is 0 Å². The molecule has 0 unspecified atom stereocenters. The summed E-state index contributed by atoms with van der Waals surface area (Å²) in [5, 5.41) is 8.75. The molecule has 22 heavy (non-hydrogen) atoms. The van der Waals surface area contributed by atoms with E-state index in [0.717, 1.165) is 12.3 Å². The quantitative estimate of drug-likeness (QED) is 0.652. The molecule has 1 N–H and O–H groups in total. The fraction of sp³-hybridized carbons (Fsp3) is 0.700. The molecule has 1 heterocycles. The van der Waals surface area contributed by atoms with Crippen molar-refractivity contribution in [2.24, 2.45) is 5.92 Å². The number of aliphatic hydroxyl groups excluding tert-OH is 1. The van der Waals surface area contributed by atoms with Crippen molar-refractivity contribution in [3.63, 3.8) is 0 Å². The lowest BCUT2D eigenvalue weighted by Gasteiger charge is -2.32. The van der Waals surface area contributed by atoms with Crippen molar-refractivity contribution in [3.05, 3.63) is 35.9 Å². The molecule has 1 aliphatic heterocycles. The highest BCUT2D eigenvalue weighted by atomic mass is 16.2. The molecule has 1 aromatic carbocycles. The second-order valence-electron chi connectivity index (χ2n) is 6.82. The van der Waals surface area contributed by atoms with Crippen molar-refractivity contribution < 1.29 is 5.11 Å². The summed E-state index contributed by atoms with van der Waals surface area (Å²) < 4.78 is 0. The molecule has 1 aliphatic rings. The summed E-state index contributed by atoms with van der Waals surface area (Å²) in [5.41, 5.74) is 1.50. The predicted octanol–water partition coefficient (Wildman–Crippen LogP) is 4.27. The van der Waals surface area contributed by atoms with E-state index in [0.29, 0.717) is 6.61 Å². The Morgan fingerprint density at radius 1 is 0.864 bits per heavy atom. The van der Waals surface area contributed by atoms with Gasteiger partial charge in [0.05, 0.1) is 0 Å². The first-order valence-corrected chi connectivity index (χ1v) is 9.25. The SMILES string of the molecule is OCCCCCCCCN1CCC(Cc2ccccc2)CC1. The van der Waals surface area contributed by atoms with Gasteiger partial charge < -0.3 is 10.0 Å². The van der Waals surface area contributed by atoms with Gasteiger partial charge in [0.25, 0.3) is 0 Å². The Hall–Kier alpha value is -0.860. The minimum atomic E-state index is 0.359. The summed E-state index contributed by atoms with van der Waals surface area (Å²) in [6, 6.07) is 11.0. The third-order valence-electron chi connectivity index (χ3n) is 4.96. The van der Waals surface area contributed by atoms with Crippen LogP contribution in [0.5, 0.6) is 0 Å². The second kappa shape index (κ2) is 10.8. The Kier molecular flexibility index (Phi) is 8.59. The van der Waals surface area contributed by atoms with Crippen LogP contribution in [0.3, 0.4) is 0 Å². The zero-order chi connectivity index (χ0) is 15.5. The average molecular weight is 303 g/mol. The maximum atomic E-state index is 8.75. The predicted molar refractivity (Wildman–Crippen MR) is 94.1 cm³/mol. The lowest BCUT2D eigenvalue weighted by Crippen LogP contribution is -2.35. The molecule has 2 nitrogen and oxygen atoms in total. The van der Waals surface area contributed by atoms with E-state index in [1.807, 2.05) is 0 Å². The lowest BCUT2D eigenvalue weighted by atomic mass is 9.90. The number of hydrogen-bond donors (Lipinski definition) is 1. The van der Waals surface area contributed by atoms with Gasteiger partial charge in [-0.25, -0.2) is 0 Å². The topological polar surface area (TPSA) is 23.5 Å². The molecule has 0 spiro atoms. The third-order valence-corrected chi connectivity index (χ3v) is 4.96. The Morgan fingerprint density at radius 3 is 2.18 bits per heavy atom. The normalized spacial score (nSPS) is 17.0. The molecule has 1 aromatic rings. The maximum Gasteiger partial charge on any atom is 0.0431 e. The molecular formula is C20H33NO. The van der Waals surface area contributed by atoms with Crippen LogP contribution >= 0.6 is 0 Å². The lowest BCUT2D eigenvalue weighted by molar-refractivity contribution is 0.181. The van der Waals surface area contributed by atoms with Crippen LogP contribution in [0.1, 0.15) is 56.9 Å². The number of rotatable bonds is 10. The molecule has 0 radical (unpaired) electrons. The molecule has 0 atom stereocenters. The van der Waals surface area contributed by atoms with Gasteiger partial charge in [-0.15, -0.1) is 0 Å². The molecule has 2 heteroatoms. The largest absolute Gasteiger partial charge is 0.396 e. The molecule has 1 fully saturated rings. The van der Waals surface area contributed by atoms with Gasteiger partial charge in [-0.3, -0.25) is 0 Å². The first-order valence-electron chi connectivity index (χ1n) is 9.25. The summed E-state index contributed by atoms with van der Waals surface area (Å²) in [7, 11) is 0. The smallest absolute Gasteiger partial charge is 0.0431 e. The van der Waals surface area contributed by atoms with Crippen LogP contribution in [-0.4, -0.2) is 36.2 Å². The van der Waals surface area contributed by atoms with Crippen molar-refractivity contribution in [2.75, 3.05) is 26.2 Å². The highest BCUT2D eigenvalue weighted by molar-refractivity contribution is 5.15. The van der Waals surface area contributed by atoms with E-state index < -0.39 is 0 Å². The summed E-state index contributed by atoms with van der Waals surface area (Å²) >= 11 is 0. The highest BCUT2D eigenvalue weighted by Gasteiger charge is 2.18. The minimum absolute atomic E-state index is 0.359. The number of benzene rings is 1. The highest BCUT2D eigenvalue weighted by Crippen LogP contribution is 2.22. The number of likely N-dealkylation sites (tertiary alicyclic amines) is 1. The summed E-state index contributed by atoms with van der Waals surface area (Å²) in [4.78, 5) is 2.66. The van der Waals surface area contributed by atoms with E-state index in [1.54, 1.807) is 0 Å². The first kappa shape index (κ1) is 17.5. The molecule has 0 aliphatic carbocycles. The van der Waals surface area contributed by atoms with Crippen molar-refractivity contribution in [2.45, 2.75) is 57.8 Å². The minimum Gasteiger partial charge on any atom is -0.396 e. The first-order chi connectivity index (χ1) is 10.9. The van der Waals surface area contributed by atoms with Crippen LogP contribution in [0, 0.1) is 5.92 Å². The average Bonchev–Trinajstić information content (AvgIpc) is 2.56. The molecule has 0 bridgehead atoms. The molecular weight excluding hydrogens is 270 g/mol. The standard InChI is InChI=1S/C20H33NO/c22-17-9-4-2-1-3-8-14-21-15-12-20(13-16-21)18-19-10-6-5-7-11-19/h5-7,10-11,20,22H,1-4,8-9,12-18H2. The van der Waals surface area contributed by atoms with Crippen molar-refractivity contribution in [1.29, 1.82) is 0 Å². The van der Waals surface area contributed by atoms with E-state index in [2.05, 4.69) is 35.2 Å². The van der Waals surface area contributed by atoms with Gasteiger partial charge in [0, 0.05) is 6.61 Å². The third kappa shape index (κ3) is 6.93. The van der Waals surface area contributed by atoms with Crippen molar-refractivity contribution in [3.8, 4) is 0 Å². The molecule has 124 valence electrons. The summed E-state index contributed by atoms with van der Waals surface area (Å²) in [6.07, 6.45) is 11.5. The number of nitrogens with zero attached hydrogens (tertiary/aromatic N) is 1. The van der Waals surface area contributed by atoms with Gasteiger partial charge in [0.1, 0.15) is 0 Å². The van der Waals surface area contributed by atoms with Crippen LogP contribution in [0.25, 0.3) is 0 Å². The number of unbranched alkanes of at least 4 members (excludes halogenated alkanes) is 5. The van der Waals surface area contributed by atoms with Gasteiger partial charge in [-0.05, 0) is 63.2 Å². The molecule has 0 amide bonds. The molecule has 1 saturated heterocycles. The molecule has 2 rings (SSSR count). The Labute approximate surface area is 136 Å². The van der Waals surface area contributed by atoms with Crippen LogP contribution in [0.15, 0.2) is 30.3 Å². The fourth-order valence-corrected chi connectivity index (χ4v) is 3.52. The monoisotopic (exact) mass is 303 g/mol. The Morgan fingerprint density at radius 2 is 1.50 bits per heavy atom. The number of piperidine rings is 1. The Balaban J connectivity index is 1.50. The maximum absolute atomic E-state index is 8.75. The van der Waals surface area contributed by atoms with E-state index >= 15 is 0 Å². The van der Waals surface area contributed by atoms with Gasteiger partial charge in [-0.1, -0.05) is 56.0 Å².